The maximum Gasteiger partial charge on any atom is 0.196 e. The first-order valence-corrected chi connectivity index (χ1v) is 8.78. The molecule has 2 aromatic heterocycles. The number of nitrogens with zero attached hydrogens (tertiary/aromatic N) is 5. The van der Waals surface area contributed by atoms with Crippen molar-refractivity contribution in [3.63, 3.8) is 0 Å². The van der Waals surface area contributed by atoms with Crippen LogP contribution >= 0.6 is 23.4 Å². The quantitative estimate of drug-likeness (QED) is 0.517. The molecule has 0 saturated heterocycles. The molecule has 0 aliphatic rings. The van der Waals surface area contributed by atoms with Crippen molar-refractivity contribution < 1.29 is 0 Å². The summed E-state index contributed by atoms with van der Waals surface area (Å²) in [4.78, 5) is 4.69. The molecule has 4 aromatic rings. The molecule has 5 nitrogen and oxygen atoms in total. The first-order valence-electron chi connectivity index (χ1n) is 7.41. The minimum atomic E-state index is 0.688. The van der Waals surface area contributed by atoms with Crippen LogP contribution in [0.5, 0.6) is 0 Å². The maximum atomic E-state index is 6.08. The van der Waals surface area contributed by atoms with E-state index >= 15 is 0 Å². The largest absolute Gasteiger partial charge is 0.330 e. The summed E-state index contributed by atoms with van der Waals surface area (Å²) in [6.07, 6.45) is 1.70. The first-order chi connectivity index (χ1) is 11.7. The lowest BCUT2D eigenvalue weighted by Gasteiger charge is -2.06. The summed E-state index contributed by atoms with van der Waals surface area (Å²) in [5, 5.41) is 9.74. The molecule has 0 bridgehead atoms. The van der Waals surface area contributed by atoms with E-state index in [0.717, 1.165) is 27.7 Å². The van der Waals surface area contributed by atoms with Gasteiger partial charge in [0.1, 0.15) is 12.2 Å². The van der Waals surface area contributed by atoms with Crippen LogP contribution in [-0.2, 0) is 12.8 Å². The van der Waals surface area contributed by atoms with Crippen LogP contribution in [0.25, 0.3) is 16.7 Å². The fourth-order valence-electron chi connectivity index (χ4n) is 2.58. The molecule has 2 aromatic carbocycles. The summed E-state index contributed by atoms with van der Waals surface area (Å²) >= 11 is 7.68. The lowest BCUT2D eigenvalue weighted by atomic mass is 10.3. The minimum absolute atomic E-state index is 0.688. The minimum Gasteiger partial charge on any atom is -0.330 e. The monoisotopic (exact) mass is 355 g/mol. The van der Waals surface area contributed by atoms with Crippen LogP contribution in [-0.4, -0.2) is 24.3 Å². The highest BCUT2D eigenvalue weighted by atomic mass is 35.5. The van der Waals surface area contributed by atoms with Crippen molar-refractivity contribution >= 4 is 34.4 Å². The van der Waals surface area contributed by atoms with E-state index in [1.54, 1.807) is 18.1 Å². The van der Waals surface area contributed by atoms with Crippen LogP contribution in [0.1, 0.15) is 5.82 Å². The molecule has 0 N–H and O–H groups in total. The molecule has 0 aliphatic heterocycles. The van der Waals surface area contributed by atoms with Crippen molar-refractivity contribution in [2.45, 2.75) is 10.9 Å². The van der Waals surface area contributed by atoms with Crippen molar-refractivity contribution in [2.24, 2.45) is 7.05 Å². The number of thioether (sulfide) groups is 1. The Hall–Kier alpha value is -2.31. The van der Waals surface area contributed by atoms with Gasteiger partial charge in [0.2, 0.25) is 0 Å². The highest BCUT2D eigenvalue weighted by Crippen LogP contribution is 2.25. The van der Waals surface area contributed by atoms with Gasteiger partial charge in [-0.3, -0.25) is 4.57 Å². The number of aromatic nitrogens is 5. The summed E-state index contributed by atoms with van der Waals surface area (Å²) in [5.41, 5.74) is 3.08. The third-order valence-corrected chi connectivity index (χ3v) is 4.99. The highest BCUT2D eigenvalue weighted by molar-refractivity contribution is 7.98. The molecular formula is C17H14ClN5S. The average molecular weight is 356 g/mol. The Labute approximate surface area is 148 Å². The zero-order valence-electron chi connectivity index (χ0n) is 12.9. The van der Waals surface area contributed by atoms with Crippen LogP contribution in [0.2, 0.25) is 5.02 Å². The molecule has 0 fully saturated rings. The van der Waals surface area contributed by atoms with E-state index in [2.05, 4.69) is 20.8 Å². The molecule has 7 heteroatoms. The van der Waals surface area contributed by atoms with Gasteiger partial charge in [-0.15, -0.1) is 10.2 Å². The molecular weight excluding hydrogens is 342 g/mol. The third-order valence-electron chi connectivity index (χ3n) is 3.81. The zero-order valence-corrected chi connectivity index (χ0v) is 14.5. The second kappa shape index (κ2) is 6.30. The van der Waals surface area contributed by atoms with Gasteiger partial charge in [0.15, 0.2) is 5.16 Å². The van der Waals surface area contributed by atoms with E-state index in [1.165, 1.54) is 0 Å². The van der Waals surface area contributed by atoms with Gasteiger partial charge in [0.25, 0.3) is 0 Å². The van der Waals surface area contributed by atoms with Gasteiger partial charge >= 0.3 is 0 Å². The Balaban J connectivity index is 1.60. The number of benzene rings is 2. The molecule has 0 radical (unpaired) electrons. The molecule has 24 heavy (non-hydrogen) atoms. The Bertz CT molecular complexity index is 1010. The topological polar surface area (TPSA) is 48.5 Å². The van der Waals surface area contributed by atoms with E-state index in [9.17, 15) is 0 Å². The number of para-hydroxylation sites is 2. The molecule has 0 amide bonds. The van der Waals surface area contributed by atoms with E-state index < -0.39 is 0 Å². The predicted octanol–water partition coefficient (Wildman–Crippen LogP) is 4.10. The van der Waals surface area contributed by atoms with Crippen LogP contribution in [0.3, 0.4) is 0 Å². The Morgan fingerprint density at radius 2 is 2.00 bits per heavy atom. The second-order valence-electron chi connectivity index (χ2n) is 5.33. The fourth-order valence-corrected chi connectivity index (χ4v) is 3.68. The number of hydrogen-bond donors (Lipinski definition) is 0. The first kappa shape index (κ1) is 15.2. The molecule has 0 saturated carbocycles. The zero-order chi connectivity index (χ0) is 16.5. The Morgan fingerprint density at radius 3 is 2.83 bits per heavy atom. The second-order valence-corrected chi connectivity index (χ2v) is 6.71. The van der Waals surface area contributed by atoms with Gasteiger partial charge in [0, 0.05) is 12.1 Å². The van der Waals surface area contributed by atoms with Crippen LogP contribution in [0.15, 0.2) is 60.0 Å². The molecule has 120 valence electrons. The number of imidazole rings is 1. The van der Waals surface area contributed by atoms with Crippen molar-refractivity contribution in [1.29, 1.82) is 0 Å². The van der Waals surface area contributed by atoms with E-state index in [4.69, 9.17) is 16.6 Å². The third kappa shape index (κ3) is 2.79. The van der Waals surface area contributed by atoms with Crippen molar-refractivity contribution in [3.05, 3.63) is 65.7 Å². The molecule has 4 rings (SSSR count). The number of aryl methyl sites for hydroxylation is 1. The standard InChI is InChI=1S/C17H14ClN5S/c1-22-15-8-3-2-7-14(15)20-16(22)10-24-17-21-19-11-23(17)13-6-4-5-12(18)9-13/h2-9,11H,10H2,1H3. The summed E-state index contributed by atoms with van der Waals surface area (Å²) < 4.78 is 4.04. The summed E-state index contributed by atoms with van der Waals surface area (Å²) in [5.74, 6) is 1.71. The number of hydrogen-bond acceptors (Lipinski definition) is 4. The highest BCUT2D eigenvalue weighted by Gasteiger charge is 2.11. The maximum absolute atomic E-state index is 6.08. The smallest absolute Gasteiger partial charge is 0.196 e. The molecule has 2 heterocycles. The van der Waals surface area contributed by atoms with Gasteiger partial charge in [0.05, 0.1) is 22.5 Å². The Kier molecular flexibility index (Phi) is 4.00. The predicted molar refractivity (Wildman–Crippen MR) is 96.6 cm³/mol. The average Bonchev–Trinajstić information content (AvgIpc) is 3.18. The molecule has 0 spiro atoms. The van der Waals surface area contributed by atoms with Crippen molar-refractivity contribution in [2.75, 3.05) is 0 Å². The SMILES string of the molecule is Cn1c(CSc2nncn2-c2cccc(Cl)c2)nc2ccccc21. The number of fused-ring (bicyclic) bond motifs is 1. The number of rotatable bonds is 4. The van der Waals surface area contributed by atoms with Crippen molar-refractivity contribution in [1.82, 2.24) is 24.3 Å². The van der Waals surface area contributed by atoms with Crippen LogP contribution in [0, 0.1) is 0 Å². The lowest BCUT2D eigenvalue weighted by molar-refractivity contribution is 0.860. The number of halogens is 1. The normalized spacial score (nSPS) is 11.2. The molecule has 0 aliphatic carbocycles. The van der Waals surface area contributed by atoms with E-state index in [-0.39, 0.29) is 0 Å². The van der Waals surface area contributed by atoms with Gasteiger partial charge in [-0.2, -0.15) is 0 Å². The fraction of sp³-hybridized carbons (Fsp3) is 0.118. The summed E-state index contributed by atoms with van der Waals surface area (Å²) in [7, 11) is 2.03. The molecule has 0 unspecified atom stereocenters. The van der Waals surface area contributed by atoms with E-state index in [0.29, 0.717) is 10.8 Å². The Morgan fingerprint density at radius 1 is 1.12 bits per heavy atom. The van der Waals surface area contributed by atoms with Crippen LogP contribution < -0.4 is 0 Å². The van der Waals surface area contributed by atoms with E-state index in [1.807, 2.05) is 54.1 Å². The van der Waals surface area contributed by atoms with Gasteiger partial charge < -0.3 is 4.57 Å². The van der Waals surface area contributed by atoms with Gasteiger partial charge in [-0.25, -0.2) is 4.98 Å². The van der Waals surface area contributed by atoms with Crippen LogP contribution in [0.4, 0.5) is 0 Å². The van der Waals surface area contributed by atoms with Crippen molar-refractivity contribution in [3.8, 4) is 5.69 Å². The summed E-state index contributed by atoms with van der Waals surface area (Å²) in [6.45, 7) is 0. The van der Waals surface area contributed by atoms with Gasteiger partial charge in [-0.05, 0) is 30.3 Å². The molecule has 0 atom stereocenters. The summed E-state index contributed by atoms with van der Waals surface area (Å²) in [6, 6.07) is 15.8. The van der Waals surface area contributed by atoms with Gasteiger partial charge in [-0.1, -0.05) is 41.6 Å². The lowest BCUT2D eigenvalue weighted by Crippen LogP contribution is -1.98.